The van der Waals surface area contributed by atoms with Gasteiger partial charge >= 0.3 is 5.97 Å². The van der Waals surface area contributed by atoms with Crippen LogP contribution in [-0.2, 0) is 19.1 Å². The van der Waals surface area contributed by atoms with Crippen molar-refractivity contribution in [3.8, 4) is 0 Å². The lowest BCUT2D eigenvalue weighted by molar-refractivity contribution is -0.217. The number of carbonyl (C=O) groups excluding carboxylic acids is 2. The van der Waals surface area contributed by atoms with Gasteiger partial charge in [-0.2, -0.15) is 0 Å². The molecule has 3 aliphatic rings. The first-order valence-corrected chi connectivity index (χ1v) is 7.31. The van der Waals surface area contributed by atoms with E-state index in [1.54, 1.807) is 6.92 Å². The Labute approximate surface area is 118 Å². The molecule has 0 aromatic rings. The zero-order valence-corrected chi connectivity index (χ0v) is 12.3. The van der Waals surface area contributed by atoms with Crippen LogP contribution in [0.25, 0.3) is 0 Å². The third-order valence-electron chi connectivity index (χ3n) is 5.42. The highest BCUT2D eigenvalue weighted by molar-refractivity contribution is 5.92. The van der Waals surface area contributed by atoms with Crippen molar-refractivity contribution in [1.29, 1.82) is 0 Å². The largest absolute Gasteiger partial charge is 0.466 e. The van der Waals surface area contributed by atoms with Gasteiger partial charge in [0.05, 0.1) is 19.6 Å². The smallest absolute Gasteiger partial charge is 0.306 e. The number of hydrogen-bond acceptors (Lipinski definition) is 5. The standard InChI is InChI=1S/C15H22O5/c1-4-19-11(16)6-14-8-13(2,3)12(17)9(14)5-15(14,18)10-7-20-10/h9-10,18H,4-8H2,1-3H3. The van der Waals surface area contributed by atoms with Gasteiger partial charge in [0.15, 0.2) is 0 Å². The number of epoxide rings is 1. The van der Waals surface area contributed by atoms with Gasteiger partial charge in [0, 0.05) is 16.7 Å². The van der Waals surface area contributed by atoms with Gasteiger partial charge in [0.1, 0.15) is 17.5 Å². The van der Waals surface area contributed by atoms with E-state index in [0.717, 1.165) is 0 Å². The van der Waals surface area contributed by atoms with E-state index in [2.05, 4.69) is 0 Å². The molecule has 1 saturated heterocycles. The predicted molar refractivity (Wildman–Crippen MR) is 69.9 cm³/mol. The van der Waals surface area contributed by atoms with Crippen LogP contribution in [-0.4, -0.2) is 41.8 Å². The quantitative estimate of drug-likeness (QED) is 0.616. The van der Waals surface area contributed by atoms with E-state index in [0.29, 0.717) is 26.1 Å². The Hall–Kier alpha value is -0.940. The summed E-state index contributed by atoms with van der Waals surface area (Å²) in [5, 5.41) is 11.0. The second-order valence-electron chi connectivity index (χ2n) is 7.07. The lowest BCUT2D eigenvalue weighted by Gasteiger charge is -2.57. The number of fused-ring (bicyclic) bond motifs is 1. The maximum absolute atomic E-state index is 12.5. The van der Waals surface area contributed by atoms with Gasteiger partial charge in [-0.05, 0) is 19.8 Å². The number of ketones is 1. The van der Waals surface area contributed by atoms with Crippen LogP contribution in [0.2, 0.25) is 0 Å². The Morgan fingerprint density at radius 2 is 2.15 bits per heavy atom. The van der Waals surface area contributed by atoms with Gasteiger partial charge in [-0.15, -0.1) is 0 Å². The van der Waals surface area contributed by atoms with Crippen molar-refractivity contribution < 1.29 is 24.2 Å². The fourth-order valence-electron chi connectivity index (χ4n) is 4.43. The molecular formula is C15H22O5. The van der Waals surface area contributed by atoms with Crippen molar-refractivity contribution in [2.45, 2.75) is 51.7 Å². The van der Waals surface area contributed by atoms with E-state index in [4.69, 9.17) is 9.47 Å². The fraction of sp³-hybridized carbons (Fsp3) is 0.867. The predicted octanol–water partition coefficient (Wildman–Crippen LogP) is 1.07. The molecule has 5 heteroatoms. The molecular weight excluding hydrogens is 260 g/mol. The van der Waals surface area contributed by atoms with Crippen LogP contribution in [0.1, 0.15) is 40.0 Å². The topological polar surface area (TPSA) is 76.1 Å². The van der Waals surface area contributed by atoms with Gasteiger partial charge in [-0.1, -0.05) is 13.8 Å². The second-order valence-corrected chi connectivity index (χ2v) is 7.07. The number of rotatable bonds is 4. The molecule has 0 bridgehead atoms. The number of aliphatic hydroxyl groups is 1. The molecule has 0 spiro atoms. The van der Waals surface area contributed by atoms with Gasteiger partial charge in [-0.3, -0.25) is 9.59 Å². The highest BCUT2D eigenvalue weighted by Crippen LogP contribution is 2.70. The molecule has 0 aromatic carbocycles. The van der Waals surface area contributed by atoms with Crippen LogP contribution < -0.4 is 0 Å². The van der Waals surface area contributed by atoms with E-state index >= 15 is 0 Å². The first-order chi connectivity index (χ1) is 9.27. The van der Waals surface area contributed by atoms with E-state index in [1.165, 1.54) is 0 Å². The van der Waals surface area contributed by atoms with Gasteiger partial charge in [-0.25, -0.2) is 0 Å². The highest BCUT2D eigenvalue weighted by atomic mass is 16.6. The molecule has 2 saturated carbocycles. The molecule has 0 aromatic heterocycles. The molecule has 2 aliphatic carbocycles. The maximum atomic E-state index is 12.5. The summed E-state index contributed by atoms with van der Waals surface area (Å²) in [5.74, 6) is -0.412. The number of carbonyl (C=O) groups is 2. The van der Waals surface area contributed by atoms with Crippen LogP contribution in [0.3, 0.4) is 0 Å². The maximum Gasteiger partial charge on any atom is 0.306 e. The summed E-state index contributed by atoms with van der Waals surface area (Å²) in [4.78, 5) is 24.4. The summed E-state index contributed by atoms with van der Waals surface area (Å²) >= 11 is 0. The van der Waals surface area contributed by atoms with Crippen molar-refractivity contribution in [1.82, 2.24) is 0 Å². The van der Waals surface area contributed by atoms with E-state index in [9.17, 15) is 14.7 Å². The van der Waals surface area contributed by atoms with Gasteiger partial charge < -0.3 is 14.6 Å². The van der Waals surface area contributed by atoms with Crippen molar-refractivity contribution in [3.63, 3.8) is 0 Å². The molecule has 20 heavy (non-hydrogen) atoms. The fourth-order valence-corrected chi connectivity index (χ4v) is 4.43. The zero-order chi connectivity index (χ0) is 14.8. The summed E-state index contributed by atoms with van der Waals surface area (Å²) in [6.07, 6.45) is 0.824. The number of Topliss-reactive ketones (excluding diaryl/α,β-unsaturated/α-hetero) is 1. The van der Waals surface area contributed by atoms with Crippen molar-refractivity contribution in [3.05, 3.63) is 0 Å². The molecule has 1 aliphatic heterocycles. The lowest BCUT2D eigenvalue weighted by atomic mass is 9.48. The first-order valence-electron chi connectivity index (χ1n) is 7.31. The number of hydrogen-bond donors (Lipinski definition) is 1. The Morgan fingerprint density at radius 1 is 1.50 bits per heavy atom. The SMILES string of the molecule is CCOC(=O)CC12CC(C)(C)C(=O)C1CC2(O)C1CO1. The zero-order valence-electron chi connectivity index (χ0n) is 12.3. The van der Waals surface area contributed by atoms with E-state index in [-0.39, 0.29) is 30.2 Å². The Balaban J connectivity index is 1.92. The minimum atomic E-state index is -1.05. The molecule has 0 amide bonds. The lowest BCUT2D eigenvalue weighted by Crippen LogP contribution is -2.66. The first kappa shape index (κ1) is 14.0. The van der Waals surface area contributed by atoms with Crippen molar-refractivity contribution >= 4 is 11.8 Å². The van der Waals surface area contributed by atoms with Crippen molar-refractivity contribution in [2.75, 3.05) is 13.2 Å². The monoisotopic (exact) mass is 282 g/mol. The van der Waals surface area contributed by atoms with E-state index in [1.807, 2.05) is 13.8 Å². The summed E-state index contributed by atoms with van der Waals surface area (Å²) < 4.78 is 10.3. The number of esters is 1. The normalized spacial score (nSPS) is 44.7. The molecule has 4 unspecified atom stereocenters. The van der Waals surface area contributed by atoms with Crippen LogP contribution in [0, 0.1) is 16.7 Å². The van der Waals surface area contributed by atoms with E-state index < -0.39 is 16.4 Å². The third kappa shape index (κ3) is 1.62. The Morgan fingerprint density at radius 3 is 2.65 bits per heavy atom. The van der Waals surface area contributed by atoms with Crippen LogP contribution >= 0.6 is 0 Å². The second kappa shape index (κ2) is 4.04. The highest BCUT2D eigenvalue weighted by Gasteiger charge is 2.77. The number of ether oxygens (including phenoxy) is 2. The third-order valence-corrected chi connectivity index (χ3v) is 5.42. The molecule has 1 heterocycles. The Kier molecular flexibility index (Phi) is 2.83. The van der Waals surface area contributed by atoms with Crippen LogP contribution in [0.15, 0.2) is 0 Å². The van der Waals surface area contributed by atoms with Crippen LogP contribution in [0.4, 0.5) is 0 Å². The molecule has 5 nitrogen and oxygen atoms in total. The minimum absolute atomic E-state index is 0.108. The molecule has 112 valence electrons. The Bertz CT molecular complexity index is 467. The van der Waals surface area contributed by atoms with Gasteiger partial charge in [0.2, 0.25) is 0 Å². The molecule has 0 radical (unpaired) electrons. The summed E-state index contributed by atoms with van der Waals surface area (Å²) in [7, 11) is 0. The summed E-state index contributed by atoms with van der Waals surface area (Å²) in [6, 6.07) is 0. The van der Waals surface area contributed by atoms with Crippen molar-refractivity contribution in [2.24, 2.45) is 16.7 Å². The van der Waals surface area contributed by atoms with Crippen LogP contribution in [0.5, 0.6) is 0 Å². The molecule has 4 atom stereocenters. The van der Waals surface area contributed by atoms with Gasteiger partial charge in [0.25, 0.3) is 0 Å². The molecule has 3 rings (SSSR count). The minimum Gasteiger partial charge on any atom is -0.466 e. The summed E-state index contributed by atoms with van der Waals surface area (Å²) in [6.45, 7) is 6.38. The molecule has 1 N–H and O–H groups in total. The average molecular weight is 282 g/mol. The summed E-state index contributed by atoms with van der Waals surface area (Å²) in [5.41, 5.74) is -2.23. The average Bonchev–Trinajstić information content (AvgIpc) is 3.15. The molecule has 3 fully saturated rings.